The monoisotopic (exact) mass is 179 g/mol. The third-order valence-electron chi connectivity index (χ3n) is 2.10. The van der Waals surface area contributed by atoms with Gasteiger partial charge in [0.25, 0.3) is 0 Å². The van der Waals surface area contributed by atoms with Crippen LogP contribution in [-0.4, -0.2) is 25.8 Å². The average Bonchev–Trinajstić information content (AvgIpc) is 2.08. The molecule has 1 aromatic rings. The summed E-state index contributed by atoms with van der Waals surface area (Å²) >= 11 is 0. The van der Waals surface area contributed by atoms with Crippen molar-refractivity contribution in [2.75, 3.05) is 25.6 Å². The topological polar surface area (TPSA) is 23.5 Å². The number of rotatable bonds is 3. The van der Waals surface area contributed by atoms with Gasteiger partial charge in [0.1, 0.15) is 0 Å². The van der Waals surface area contributed by atoms with Crippen LogP contribution in [0.4, 0.5) is 5.69 Å². The van der Waals surface area contributed by atoms with Crippen molar-refractivity contribution in [1.29, 1.82) is 0 Å². The molecular weight excluding hydrogens is 162 g/mol. The minimum absolute atomic E-state index is 0.212. The smallest absolute Gasteiger partial charge is 0.0472 e. The summed E-state index contributed by atoms with van der Waals surface area (Å²) in [5.74, 6) is 0. The largest absolute Gasteiger partial charge is 0.396 e. The lowest BCUT2D eigenvalue weighted by atomic mass is 10.1. The standard InChI is InChI=1S/C11H17NO/c1-9-4-5-10(6-7-13)11(8-9)12(2)3/h4-5,8,13H,6-7H2,1-3H3. The molecule has 2 nitrogen and oxygen atoms in total. The molecule has 13 heavy (non-hydrogen) atoms. The number of hydrogen-bond donors (Lipinski definition) is 1. The van der Waals surface area contributed by atoms with Gasteiger partial charge >= 0.3 is 0 Å². The highest BCUT2D eigenvalue weighted by Crippen LogP contribution is 2.20. The Morgan fingerprint density at radius 1 is 1.31 bits per heavy atom. The lowest BCUT2D eigenvalue weighted by molar-refractivity contribution is 0.299. The Kier molecular flexibility index (Phi) is 3.32. The fourth-order valence-corrected chi connectivity index (χ4v) is 1.42. The molecule has 0 fully saturated rings. The molecule has 0 aromatic heterocycles. The van der Waals surface area contributed by atoms with Crippen molar-refractivity contribution in [3.05, 3.63) is 29.3 Å². The molecule has 0 heterocycles. The van der Waals surface area contributed by atoms with E-state index in [2.05, 4.69) is 30.0 Å². The molecule has 0 unspecified atom stereocenters. The van der Waals surface area contributed by atoms with Gasteiger partial charge in [-0.15, -0.1) is 0 Å². The summed E-state index contributed by atoms with van der Waals surface area (Å²) in [5.41, 5.74) is 3.66. The van der Waals surface area contributed by atoms with Gasteiger partial charge in [0.15, 0.2) is 0 Å². The lowest BCUT2D eigenvalue weighted by Crippen LogP contribution is -2.12. The first-order valence-electron chi connectivity index (χ1n) is 4.53. The molecule has 0 bridgehead atoms. The van der Waals surface area contributed by atoms with Crippen molar-refractivity contribution in [1.82, 2.24) is 0 Å². The first-order chi connectivity index (χ1) is 6.15. The first kappa shape index (κ1) is 10.1. The summed E-state index contributed by atoms with van der Waals surface area (Å²) in [4.78, 5) is 2.08. The molecule has 0 saturated carbocycles. The Bertz CT molecular complexity index is 281. The van der Waals surface area contributed by atoms with Crippen LogP contribution in [0.1, 0.15) is 11.1 Å². The number of anilines is 1. The van der Waals surface area contributed by atoms with E-state index in [1.165, 1.54) is 16.8 Å². The van der Waals surface area contributed by atoms with E-state index in [0.29, 0.717) is 0 Å². The van der Waals surface area contributed by atoms with Gasteiger partial charge < -0.3 is 10.0 Å². The van der Waals surface area contributed by atoms with Crippen LogP contribution in [0.25, 0.3) is 0 Å². The van der Waals surface area contributed by atoms with Crippen LogP contribution in [-0.2, 0) is 6.42 Å². The van der Waals surface area contributed by atoms with Crippen LogP contribution < -0.4 is 4.90 Å². The summed E-state index contributed by atoms with van der Waals surface area (Å²) in [7, 11) is 4.05. The Balaban J connectivity index is 3.03. The van der Waals surface area contributed by atoms with Crippen LogP contribution in [0.3, 0.4) is 0 Å². The second-order valence-corrected chi connectivity index (χ2v) is 3.50. The number of benzene rings is 1. The molecule has 0 saturated heterocycles. The van der Waals surface area contributed by atoms with E-state index >= 15 is 0 Å². The fraction of sp³-hybridized carbons (Fsp3) is 0.455. The molecule has 0 spiro atoms. The van der Waals surface area contributed by atoms with Gasteiger partial charge in [-0.1, -0.05) is 12.1 Å². The zero-order valence-corrected chi connectivity index (χ0v) is 8.54. The molecule has 0 aliphatic rings. The van der Waals surface area contributed by atoms with E-state index in [1.54, 1.807) is 0 Å². The molecule has 2 heteroatoms. The van der Waals surface area contributed by atoms with Gasteiger partial charge in [-0.3, -0.25) is 0 Å². The molecule has 1 N–H and O–H groups in total. The van der Waals surface area contributed by atoms with E-state index in [9.17, 15) is 0 Å². The van der Waals surface area contributed by atoms with Crippen LogP contribution >= 0.6 is 0 Å². The predicted molar refractivity (Wildman–Crippen MR) is 56.3 cm³/mol. The maximum atomic E-state index is 8.88. The zero-order chi connectivity index (χ0) is 9.84. The minimum atomic E-state index is 0.212. The quantitative estimate of drug-likeness (QED) is 0.761. The maximum absolute atomic E-state index is 8.88. The number of aliphatic hydroxyl groups excluding tert-OH is 1. The first-order valence-corrected chi connectivity index (χ1v) is 4.53. The Morgan fingerprint density at radius 2 is 2.00 bits per heavy atom. The van der Waals surface area contributed by atoms with Crippen molar-refractivity contribution in [3.63, 3.8) is 0 Å². The van der Waals surface area contributed by atoms with Gasteiger partial charge in [-0.2, -0.15) is 0 Å². The zero-order valence-electron chi connectivity index (χ0n) is 8.54. The van der Waals surface area contributed by atoms with Gasteiger partial charge in [-0.25, -0.2) is 0 Å². The van der Waals surface area contributed by atoms with Gasteiger partial charge in [0, 0.05) is 26.4 Å². The van der Waals surface area contributed by atoms with E-state index < -0.39 is 0 Å². The average molecular weight is 179 g/mol. The normalized spacial score (nSPS) is 10.2. The molecule has 0 amide bonds. The number of nitrogens with zero attached hydrogens (tertiary/aromatic N) is 1. The van der Waals surface area contributed by atoms with Crippen molar-refractivity contribution in [3.8, 4) is 0 Å². The van der Waals surface area contributed by atoms with Crippen LogP contribution in [0.2, 0.25) is 0 Å². The number of aryl methyl sites for hydroxylation is 1. The summed E-state index contributed by atoms with van der Waals surface area (Å²) < 4.78 is 0. The maximum Gasteiger partial charge on any atom is 0.0472 e. The molecule has 0 atom stereocenters. The second-order valence-electron chi connectivity index (χ2n) is 3.50. The third-order valence-corrected chi connectivity index (χ3v) is 2.10. The SMILES string of the molecule is Cc1ccc(CCO)c(N(C)C)c1. The van der Waals surface area contributed by atoms with E-state index in [4.69, 9.17) is 5.11 Å². The molecule has 0 radical (unpaired) electrons. The van der Waals surface area contributed by atoms with E-state index in [-0.39, 0.29) is 6.61 Å². The van der Waals surface area contributed by atoms with Crippen molar-refractivity contribution >= 4 is 5.69 Å². The summed E-state index contributed by atoms with van der Waals surface area (Å²) in [6.07, 6.45) is 0.730. The number of aliphatic hydroxyl groups is 1. The summed E-state index contributed by atoms with van der Waals surface area (Å²) in [5, 5.41) is 8.88. The molecule has 0 aliphatic heterocycles. The molecule has 1 aromatic carbocycles. The second kappa shape index (κ2) is 4.28. The van der Waals surface area contributed by atoms with Crippen molar-refractivity contribution in [2.45, 2.75) is 13.3 Å². The van der Waals surface area contributed by atoms with E-state index in [0.717, 1.165) is 6.42 Å². The molecule has 1 rings (SSSR count). The Morgan fingerprint density at radius 3 is 2.54 bits per heavy atom. The van der Waals surface area contributed by atoms with E-state index in [1.807, 2.05) is 14.1 Å². The summed E-state index contributed by atoms with van der Waals surface area (Å²) in [6.45, 7) is 2.29. The van der Waals surface area contributed by atoms with Gasteiger partial charge in [0.2, 0.25) is 0 Å². The Labute approximate surface area is 79.8 Å². The van der Waals surface area contributed by atoms with Gasteiger partial charge in [0.05, 0.1) is 0 Å². The van der Waals surface area contributed by atoms with Gasteiger partial charge in [-0.05, 0) is 30.5 Å². The van der Waals surface area contributed by atoms with Crippen LogP contribution in [0, 0.1) is 6.92 Å². The fourth-order valence-electron chi connectivity index (χ4n) is 1.42. The molecular formula is C11H17NO. The highest BCUT2D eigenvalue weighted by atomic mass is 16.2. The van der Waals surface area contributed by atoms with Crippen molar-refractivity contribution < 1.29 is 5.11 Å². The lowest BCUT2D eigenvalue weighted by Gasteiger charge is -2.17. The number of hydrogen-bond acceptors (Lipinski definition) is 2. The van der Waals surface area contributed by atoms with Crippen LogP contribution in [0.15, 0.2) is 18.2 Å². The minimum Gasteiger partial charge on any atom is -0.396 e. The predicted octanol–water partition coefficient (Wildman–Crippen LogP) is 1.60. The summed E-state index contributed by atoms with van der Waals surface area (Å²) in [6, 6.07) is 6.31. The Hall–Kier alpha value is -1.02. The van der Waals surface area contributed by atoms with Crippen molar-refractivity contribution in [2.24, 2.45) is 0 Å². The highest BCUT2D eigenvalue weighted by molar-refractivity contribution is 5.54. The molecule has 0 aliphatic carbocycles. The van der Waals surface area contributed by atoms with Crippen LogP contribution in [0.5, 0.6) is 0 Å². The molecule has 72 valence electrons. The highest BCUT2D eigenvalue weighted by Gasteiger charge is 2.03. The third kappa shape index (κ3) is 2.46.